The monoisotopic (exact) mass is 236 g/mol. The second-order valence-electron chi connectivity index (χ2n) is 4.47. The highest BCUT2D eigenvalue weighted by Crippen LogP contribution is 2.10. The van der Waals surface area contributed by atoms with Crippen LogP contribution in [-0.4, -0.2) is 24.1 Å². The van der Waals surface area contributed by atoms with Crippen LogP contribution in [0.2, 0.25) is 0 Å². The molecule has 0 saturated heterocycles. The van der Waals surface area contributed by atoms with Crippen LogP contribution in [0.5, 0.6) is 5.75 Å². The predicted octanol–water partition coefficient (Wildman–Crippen LogP) is 1.25. The van der Waals surface area contributed by atoms with E-state index in [1.165, 1.54) is 0 Å². The highest BCUT2D eigenvalue weighted by molar-refractivity contribution is 5.77. The maximum absolute atomic E-state index is 11.4. The van der Waals surface area contributed by atoms with Gasteiger partial charge in [0.15, 0.2) is 0 Å². The van der Waals surface area contributed by atoms with E-state index in [1.807, 2.05) is 6.07 Å². The van der Waals surface area contributed by atoms with Crippen molar-refractivity contribution in [2.75, 3.05) is 13.1 Å². The maximum Gasteiger partial charge on any atom is 0.233 e. The molecule has 0 saturated carbocycles. The maximum atomic E-state index is 11.4. The normalized spacial score (nSPS) is 10.5. The third-order valence-corrected chi connectivity index (χ3v) is 2.23. The van der Waals surface area contributed by atoms with Crippen LogP contribution in [0.25, 0.3) is 0 Å². The molecule has 1 amide bonds. The van der Waals surface area contributed by atoms with Crippen molar-refractivity contribution in [1.29, 1.82) is 0 Å². The van der Waals surface area contributed by atoms with Crippen molar-refractivity contribution < 1.29 is 9.90 Å². The molecule has 0 aliphatic carbocycles. The SMILES string of the molecule is CC(C)CNC(=O)CNCc1cccc(O)c1. The van der Waals surface area contributed by atoms with Crippen LogP contribution < -0.4 is 10.6 Å². The fourth-order valence-corrected chi connectivity index (χ4v) is 1.37. The van der Waals surface area contributed by atoms with E-state index in [0.29, 0.717) is 25.6 Å². The third kappa shape index (κ3) is 5.92. The smallest absolute Gasteiger partial charge is 0.233 e. The number of nitrogens with one attached hydrogen (secondary N) is 2. The summed E-state index contributed by atoms with van der Waals surface area (Å²) in [6.07, 6.45) is 0. The number of phenolic OH excluding ortho intramolecular Hbond substituents is 1. The Kier molecular flexibility index (Phi) is 5.49. The number of hydrogen-bond donors (Lipinski definition) is 3. The summed E-state index contributed by atoms with van der Waals surface area (Å²) in [5.41, 5.74) is 0.960. The lowest BCUT2D eigenvalue weighted by atomic mass is 10.2. The van der Waals surface area contributed by atoms with Crippen molar-refractivity contribution in [3.63, 3.8) is 0 Å². The van der Waals surface area contributed by atoms with Crippen LogP contribution in [0, 0.1) is 5.92 Å². The molecular formula is C13H20N2O2. The van der Waals surface area contributed by atoms with E-state index in [0.717, 1.165) is 5.56 Å². The van der Waals surface area contributed by atoms with Crippen molar-refractivity contribution in [2.45, 2.75) is 20.4 Å². The summed E-state index contributed by atoms with van der Waals surface area (Å²) in [4.78, 5) is 11.4. The van der Waals surface area contributed by atoms with Gasteiger partial charge in [-0.25, -0.2) is 0 Å². The van der Waals surface area contributed by atoms with Gasteiger partial charge >= 0.3 is 0 Å². The summed E-state index contributed by atoms with van der Waals surface area (Å²) in [5.74, 6) is 0.706. The minimum absolute atomic E-state index is 0.00106. The highest BCUT2D eigenvalue weighted by atomic mass is 16.3. The molecule has 0 aliphatic rings. The van der Waals surface area contributed by atoms with E-state index in [-0.39, 0.29) is 11.7 Å². The Morgan fingerprint density at radius 1 is 1.41 bits per heavy atom. The van der Waals surface area contributed by atoms with Gasteiger partial charge in [-0.2, -0.15) is 0 Å². The molecular weight excluding hydrogens is 216 g/mol. The van der Waals surface area contributed by atoms with Crippen LogP contribution in [0.1, 0.15) is 19.4 Å². The van der Waals surface area contributed by atoms with Gasteiger partial charge in [-0.1, -0.05) is 26.0 Å². The van der Waals surface area contributed by atoms with E-state index in [4.69, 9.17) is 0 Å². The molecule has 0 aromatic heterocycles. The van der Waals surface area contributed by atoms with E-state index in [9.17, 15) is 9.90 Å². The zero-order chi connectivity index (χ0) is 12.7. The summed E-state index contributed by atoms with van der Waals surface area (Å²) in [7, 11) is 0. The minimum Gasteiger partial charge on any atom is -0.508 e. The van der Waals surface area contributed by atoms with Crippen molar-refractivity contribution in [1.82, 2.24) is 10.6 Å². The number of benzene rings is 1. The molecule has 94 valence electrons. The molecule has 0 aliphatic heterocycles. The largest absolute Gasteiger partial charge is 0.508 e. The number of rotatable bonds is 6. The second-order valence-corrected chi connectivity index (χ2v) is 4.47. The number of phenols is 1. The Bertz CT molecular complexity index is 364. The molecule has 0 spiro atoms. The topological polar surface area (TPSA) is 61.4 Å². The molecule has 0 atom stereocenters. The van der Waals surface area contributed by atoms with Gasteiger partial charge in [0, 0.05) is 13.1 Å². The van der Waals surface area contributed by atoms with Gasteiger partial charge in [-0.05, 0) is 23.6 Å². The zero-order valence-corrected chi connectivity index (χ0v) is 10.4. The average molecular weight is 236 g/mol. The fraction of sp³-hybridized carbons (Fsp3) is 0.462. The molecule has 0 radical (unpaired) electrons. The number of hydrogen-bond acceptors (Lipinski definition) is 3. The molecule has 0 bridgehead atoms. The van der Waals surface area contributed by atoms with E-state index < -0.39 is 0 Å². The van der Waals surface area contributed by atoms with Gasteiger partial charge in [-0.15, -0.1) is 0 Å². The minimum atomic E-state index is -0.00106. The predicted molar refractivity (Wildman–Crippen MR) is 67.7 cm³/mol. The third-order valence-electron chi connectivity index (χ3n) is 2.23. The Morgan fingerprint density at radius 2 is 2.18 bits per heavy atom. The quantitative estimate of drug-likeness (QED) is 0.696. The standard InChI is InChI=1S/C13H20N2O2/c1-10(2)7-15-13(17)9-14-8-11-4-3-5-12(16)6-11/h3-6,10,14,16H,7-9H2,1-2H3,(H,15,17). The first-order valence-corrected chi connectivity index (χ1v) is 5.83. The summed E-state index contributed by atoms with van der Waals surface area (Å²) >= 11 is 0. The highest BCUT2D eigenvalue weighted by Gasteiger charge is 2.01. The summed E-state index contributed by atoms with van der Waals surface area (Å²) < 4.78 is 0. The molecule has 1 rings (SSSR count). The molecule has 1 aromatic carbocycles. The molecule has 0 fully saturated rings. The van der Waals surface area contributed by atoms with Crippen LogP contribution in [0.15, 0.2) is 24.3 Å². The lowest BCUT2D eigenvalue weighted by molar-refractivity contribution is -0.120. The van der Waals surface area contributed by atoms with E-state index >= 15 is 0 Å². The number of carbonyl (C=O) groups excluding carboxylic acids is 1. The van der Waals surface area contributed by atoms with Crippen molar-refractivity contribution >= 4 is 5.91 Å². The van der Waals surface area contributed by atoms with Crippen LogP contribution in [-0.2, 0) is 11.3 Å². The van der Waals surface area contributed by atoms with Crippen molar-refractivity contribution in [3.05, 3.63) is 29.8 Å². The van der Waals surface area contributed by atoms with Crippen molar-refractivity contribution in [3.8, 4) is 5.75 Å². The van der Waals surface area contributed by atoms with Crippen molar-refractivity contribution in [2.24, 2.45) is 5.92 Å². The number of carbonyl (C=O) groups is 1. The summed E-state index contributed by atoms with van der Waals surface area (Å²) in [6, 6.07) is 6.99. The van der Waals surface area contributed by atoms with Gasteiger partial charge < -0.3 is 15.7 Å². The van der Waals surface area contributed by atoms with Gasteiger partial charge in [-0.3, -0.25) is 4.79 Å². The first kappa shape index (κ1) is 13.5. The van der Waals surface area contributed by atoms with Gasteiger partial charge in [0.2, 0.25) is 5.91 Å². The Labute approximate surface area is 102 Å². The van der Waals surface area contributed by atoms with Gasteiger partial charge in [0.25, 0.3) is 0 Å². The first-order chi connectivity index (χ1) is 8.08. The Balaban J connectivity index is 2.21. The molecule has 17 heavy (non-hydrogen) atoms. The number of amides is 1. The molecule has 1 aromatic rings. The second kappa shape index (κ2) is 6.91. The molecule has 3 N–H and O–H groups in total. The molecule has 4 heteroatoms. The Morgan fingerprint density at radius 3 is 2.82 bits per heavy atom. The lowest BCUT2D eigenvalue weighted by Crippen LogP contribution is -2.35. The van der Waals surface area contributed by atoms with Crippen LogP contribution in [0.3, 0.4) is 0 Å². The van der Waals surface area contributed by atoms with E-state index in [1.54, 1.807) is 18.2 Å². The summed E-state index contributed by atoms with van der Waals surface area (Å²) in [6.45, 7) is 5.68. The van der Waals surface area contributed by atoms with Crippen LogP contribution >= 0.6 is 0 Å². The molecule has 4 nitrogen and oxygen atoms in total. The lowest BCUT2D eigenvalue weighted by Gasteiger charge is -2.08. The fourth-order valence-electron chi connectivity index (χ4n) is 1.37. The van der Waals surface area contributed by atoms with Gasteiger partial charge in [0.05, 0.1) is 6.54 Å². The number of aromatic hydroxyl groups is 1. The van der Waals surface area contributed by atoms with Gasteiger partial charge in [0.1, 0.15) is 5.75 Å². The van der Waals surface area contributed by atoms with E-state index in [2.05, 4.69) is 24.5 Å². The molecule has 0 unspecified atom stereocenters. The van der Waals surface area contributed by atoms with Crippen LogP contribution in [0.4, 0.5) is 0 Å². The zero-order valence-electron chi connectivity index (χ0n) is 10.4. The summed E-state index contributed by atoms with van der Waals surface area (Å²) in [5, 5.41) is 15.1. The average Bonchev–Trinajstić information content (AvgIpc) is 2.26. The Hall–Kier alpha value is -1.55. The first-order valence-electron chi connectivity index (χ1n) is 5.83. The molecule has 0 heterocycles.